The van der Waals surface area contributed by atoms with Crippen LogP contribution in [0.4, 0.5) is 0 Å². The molecule has 0 spiro atoms. The normalized spacial score (nSPS) is 12.9. The van der Waals surface area contributed by atoms with E-state index in [2.05, 4.69) is 0 Å². The molecule has 8 heteroatoms. The monoisotopic (exact) mass is 394 g/mol. The van der Waals surface area contributed by atoms with E-state index in [1.165, 1.54) is 4.31 Å². The van der Waals surface area contributed by atoms with Gasteiger partial charge in [-0.1, -0.05) is 13.8 Å². The Bertz CT molecular complexity index is 579. The maximum absolute atomic E-state index is 12.5. The highest BCUT2D eigenvalue weighted by Gasteiger charge is 2.21. The fourth-order valence-electron chi connectivity index (χ4n) is 2.03. The molecule has 0 aliphatic rings. The van der Waals surface area contributed by atoms with Gasteiger partial charge >= 0.3 is 0 Å². The van der Waals surface area contributed by atoms with Gasteiger partial charge in [-0.25, -0.2) is 12.7 Å². The van der Waals surface area contributed by atoms with Crippen LogP contribution in [0.5, 0.6) is 5.75 Å². The van der Waals surface area contributed by atoms with Crippen molar-refractivity contribution in [2.75, 3.05) is 33.4 Å². The highest BCUT2D eigenvalue weighted by Crippen LogP contribution is 2.19. The number of nitrogens with zero attached hydrogens (tertiary/aromatic N) is 1. The quantitative estimate of drug-likeness (QED) is 0.583. The zero-order valence-electron chi connectivity index (χ0n) is 15.5. The number of halogens is 1. The molecule has 1 aromatic rings. The third kappa shape index (κ3) is 7.92. The summed E-state index contributed by atoms with van der Waals surface area (Å²) in [5, 5.41) is 0. The van der Waals surface area contributed by atoms with Gasteiger partial charge < -0.3 is 15.2 Å². The highest BCUT2D eigenvalue weighted by molar-refractivity contribution is 7.89. The van der Waals surface area contributed by atoms with Gasteiger partial charge in [0.25, 0.3) is 0 Å². The molecular formula is C17H31ClN2O4S. The molecule has 0 bridgehead atoms. The third-order valence-corrected chi connectivity index (χ3v) is 5.74. The van der Waals surface area contributed by atoms with Crippen LogP contribution in [-0.2, 0) is 14.8 Å². The Balaban J connectivity index is 0.00000576. The Morgan fingerprint density at radius 1 is 1.16 bits per heavy atom. The number of nitrogens with two attached hydrogens (primary N) is 1. The van der Waals surface area contributed by atoms with Crippen LogP contribution in [0.3, 0.4) is 0 Å². The predicted octanol–water partition coefficient (Wildman–Crippen LogP) is 2.52. The molecule has 2 N–H and O–H groups in total. The van der Waals surface area contributed by atoms with Crippen LogP contribution < -0.4 is 10.5 Å². The van der Waals surface area contributed by atoms with E-state index in [1.54, 1.807) is 31.3 Å². The molecule has 1 rings (SSSR count). The molecule has 0 amide bonds. The Hall–Kier alpha value is -0.860. The number of rotatable bonds is 11. The molecule has 0 saturated heterocycles. The van der Waals surface area contributed by atoms with Crippen molar-refractivity contribution in [1.29, 1.82) is 0 Å². The van der Waals surface area contributed by atoms with Crippen molar-refractivity contribution >= 4 is 22.4 Å². The lowest BCUT2D eigenvalue weighted by Gasteiger charge is -2.21. The van der Waals surface area contributed by atoms with Crippen LogP contribution in [-0.4, -0.2) is 52.2 Å². The maximum atomic E-state index is 12.5. The summed E-state index contributed by atoms with van der Waals surface area (Å²) in [6.45, 7) is 7.97. The first-order valence-electron chi connectivity index (χ1n) is 8.31. The molecule has 0 aliphatic heterocycles. The second-order valence-corrected chi connectivity index (χ2v) is 8.08. The van der Waals surface area contributed by atoms with E-state index >= 15 is 0 Å². The molecule has 0 heterocycles. The van der Waals surface area contributed by atoms with Gasteiger partial charge in [-0.15, -0.1) is 12.4 Å². The molecule has 0 fully saturated rings. The molecule has 0 saturated carbocycles. The molecule has 0 aromatic heterocycles. The average Bonchev–Trinajstić information content (AvgIpc) is 2.56. The molecule has 1 atom stereocenters. The first kappa shape index (κ1) is 24.1. The summed E-state index contributed by atoms with van der Waals surface area (Å²) in [5.74, 6) is 0.951. The summed E-state index contributed by atoms with van der Waals surface area (Å²) >= 11 is 0. The number of ether oxygens (including phenoxy) is 2. The number of benzene rings is 1. The molecule has 1 aromatic carbocycles. The largest absolute Gasteiger partial charge is 0.491 e. The van der Waals surface area contributed by atoms with Crippen LogP contribution in [0.15, 0.2) is 29.2 Å². The van der Waals surface area contributed by atoms with Crippen LogP contribution in [0.25, 0.3) is 0 Å². The number of hydrogen-bond acceptors (Lipinski definition) is 5. The summed E-state index contributed by atoms with van der Waals surface area (Å²) in [7, 11) is -1.93. The first-order chi connectivity index (χ1) is 11.3. The van der Waals surface area contributed by atoms with E-state index in [0.717, 1.165) is 0 Å². The van der Waals surface area contributed by atoms with Gasteiger partial charge in [0, 0.05) is 26.2 Å². The van der Waals surface area contributed by atoms with Gasteiger partial charge in [0.2, 0.25) is 10.0 Å². The second kappa shape index (κ2) is 11.7. The summed E-state index contributed by atoms with van der Waals surface area (Å²) in [4.78, 5) is 0.250. The van der Waals surface area contributed by atoms with Gasteiger partial charge in [-0.3, -0.25) is 0 Å². The summed E-state index contributed by atoms with van der Waals surface area (Å²) in [6, 6.07) is 6.43. The minimum Gasteiger partial charge on any atom is -0.491 e. The van der Waals surface area contributed by atoms with E-state index in [9.17, 15) is 8.42 Å². The highest BCUT2D eigenvalue weighted by atomic mass is 35.5. The number of hydrogen-bond donors (Lipinski definition) is 1. The van der Waals surface area contributed by atoms with Gasteiger partial charge in [0.05, 0.1) is 11.5 Å². The lowest BCUT2D eigenvalue weighted by Crippen LogP contribution is -2.34. The van der Waals surface area contributed by atoms with E-state index in [-0.39, 0.29) is 23.3 Å². The van der Waals surface area contributed by atoms with Crippen LogP contribution in [0, 0.1) is 5.92 Å². The minimum atomic E-state index is -3.51. The van der Waals surface area contributed by atoms with Gasteiger partial charge in [-0.05, 0) is 43.5 Å². The predicted molar refractivity (Wildman–Crippen MR) is 103 cm³/mol. The fraction of sp³-hybridized carbons (Fsp3) is 0.647. The topological polar surface area (TPSA) is 81.9 Å². The zero-order chi connectivity index (χ0) is 18.2. The van der Waals surface area contributed by atoms with Crippen LogP contribution in [0.2, 0.25) is 0 Å². The zero-order valence-corrected chi connectivity index (χ0v) is 17.1. The summed E-state index contributed by atoms with van der Waals surface area (Å²) in [5.41, 5.74) is 5.99. The molecule has 6 nitrogen and oxygen atoms in total. The average molecular weight is 395 g/mol. The van der Waals surface area contributed by atoms with Crippen molar-refractivity contribution in [3.05, 3.63) is 24.3 Å². The van der Waals surface area contributed by atoms with E-state index in [4.69, 9.17) is 15.2 Å². The van der Waals surface area contributed by atoms with Crippen molar-refractivity contribution in [3.8, 4) is 5.75 Å². The molecule has 0 aliphatic carbocycles. The first-order valence-corrected chi connectivity index (χ1v) is 9.75. The summed E-state index contributed by atoms with van der Waals surface area (Å²) in [6.07, 6.45) is 0.631. The smallest absolute Gasteiger partial charge is 0.242 e. The Morgan fingerprint density at radius 3 is 2.28 bits per heavy atom. The van der Waals surface area contributed by atoms with Crippen molar-refractivity contribution in [3.63, 3.8) is 0 Å². The Labute approximate surface area is 158 Å². The van der Waals surface area contributed by atoms with Crippen LogP contribution in [0.1, 0.15) is 27.2 Å². The second-order valence-electron chi connectivity index (χ2n) is 6.04. The SMILES string of the molecule is CCOCCOc1ccc(S(=O)(=O)N(C)CCC(N)C(C)C)cc1.Cl. The Kier molecular flexibility index (Phi) is 11.3. The van der Waals surface area contributed by atoms with Crippen molar-refractivity contribution in [2.24, 2.45) is 11.7 Å². The van der Waals surface area contributed by atoms with Crippen molar-refractivity contribution in [2.45, 2.75) is 38.1 Å². The molecular weight excluding hydrogens is 364 g/mol. The fourth-order valence-corrected chi connectivity index (χ4v) is 3.22. The van der Waals surface area contributed by atoms with Crippen molar-refractivity contribution in [1.82, 2.24) is 4.31 Å². The standard InChI is InChI=1S/C17H30N2O4S.ClH/c1-5-22-12-13-23-15-6-8-16(9-7-15)24(20,21)19(4)11-10-17(18)14(2)3;/h6-9,14,17H,5,10-13,18H2,1-4H3;1H. The lowest BCUT2D eigenvalue weighted by molar-refractivity contribution is 0.110. The van der Waals surface area contributed by atoms with Gasteiger partial charge in [0.15, 0.2) is 0 Å². The van der Waals surface area contributed by atoms with Crippen LogP contribution >= 0.6 is 12.4 Å². The van der Waals surface area contributed by atoms with Gasteiger partial charge in [-0.2, -0.15) is 0 Å². The molecule has 0 radical (unpaired) electrons. The third-order valence-electron chi connectivity index (χ3n) is 3.87. The Morgan fingerprint density at radius 2 is 1.76 bits per heavy atom. The summed E-state index contributed by atoms with van der Waals surface area (Å²) < 4.78 is 37.1. The molecule has 1 unspecified atom stereocenters. The molecule has 146 valence electrons. The maximum Gasteiger partial charge on any atom is 0.242 e. The van der Waals surface area contributed by atoms with E-state index < -0.39 is 10.0 Å². The van der Waals surface area contributed by atoms with E-state index in [0.29, 0.717) is 44.5 Å². The van der Waals surface area contributed by atoms with Crippen molar-refractivity contribution < 1.29 is 17.9 Å². The minimum absolute atomic E-state index is 0. The van der Waals surface area contributed by atoms with E-state index in [1.807, 2.05) is 20.8 Å². The number of sulfonamides is 1. The van der Waals surface area contributed by atoms with Gasteiger partial charge in [0.1, 0.15) is 12.4 Å². The molecule has 25 heavy (non-hydrogen) atoms. The lowest BCUT2D eigenvalue weighted by atomic mass is 10.0.